The SMILES string of the molecule is N#CC1N(C(=O)c2nc3cccnc3s2)CCCC12CCCCO2. The molecule has 2 atom stereocenters. The van der Waals surface area contributed by atoms with Gasteiger partial charge in [0, 0.05) is 19.3 Å². The minimum Gasteiger partial charge on any atom is -0.372 e. The number of nitrogens with zero attached hydrogens (tertiary/aromatic N) is 4. The van der Waals surface area contributed by atoms with Crippen LogP contribution in [0.2, 0.25) is 0 Å². The normalized spacial score (nSPS) is 27.3. The van der Waals surface area contributed by atoms with Gasteiger partial charge in [-0.15, -0.1) is 0 Å². The number of ether oxygens (including phenoxy) is 1. The monoisotopic (exact) mass is 342 g/mol. The summed E-state index contributed by atoms with van der Waals surface area (Å²) in [5.41, 5.74) is 0.218. The fourth-order valence-corrected chi connectivity index (χ4v) is 4.64. The van der Waals surface area contributed by atoms with Crippen LogP contribution in [0.25, 0.3) is 10.3 Å². The Morgan fingerprint density at radius 2 is 2.29 bits per heavy atom. The zero-order valence-electron chi connectivity index (χ0n) is 13.3. The van der Waals surface area contributed by atoms with Crippen molar-refractivity contribution in [3.8, 4) is 6.07 Å². The highest BCUT2D eigenvalue weighted by Gasteiger charge is 2.49. The Labute approximate surface area is 144 Å². The van der Waals surface area contributed by atoms with Gasteiger partial charge in [-0.05, 0) is 44.2 Å². The molecule has 4 heterocycles. The molecule has 2 fully saturated rings. The van der Waals surface area contributed by atoms with Crippen molar-refractivity contribution in [1.29, 1.82) is 5.26 Å². The fraction of sp³-hybridized carbons (Fsp3) is 0.529. The van der Waals surface area contributed by atoms with Crippen molar-refractivity contribution in [2.24, 2.45) is 0 Å². The van der Waals surface area contributed by atoms with E-state index < -0.39 is 11.6 Å². The number of pyridine rings is 1. The van der Waals surface area contributed by atoms with Gasteiger partial charge in [0.05, 0.1) is 6.07 Å². The lowest BCUT2D eigenvalue weighted by molar-refractivity contribution is -0.128. The van der Waals surface area contributed by atoms with E-state index in [-0.39, 0.29) is 5.91 Å². The third-order valence-electron chi connectivity index (χ3n) is 4.93. The summed E-state index contributed by atoms with van der Waals surface area (Å²) in [4.78, 5) is 24.1. The lowest BCUT2D eigenvalue weighted by atomic mass is 9.79. The Morgan fingerprint density at radius 1 is 1.42 bits per heavy atom. The fourth-order valence-electron chi connectivity index (χ4n) is 3.78. The maximum Gasteiger partial charge on any atom is 0.284 e. The molecule has 4 rings (SSSR count). The van der Waals surface area contributed by atoms with Crippen LogP contribution in [0.5, 0.6) is 0 Å². The molecular weight excluding hydrogens is 324 g/mol. The summed E-state index contributed by atoms with van der Waals surface area (Å²) in [5, 5.41) is 10.2. The molecule has 2 aliphatic heterocycles. The van der Waals surface area contributed by atoms with Gasteiger partial charge in [-0.1, -0.05) is 11.3 Å². The average molecular weight is 342 g/mol. The summed E-state index contributed by atoms with van der Waals surface area (Å²) >= 11 is 1.28. The number of likely N-dealkylation sites (tertiary alicyclic amines) is 1. The lowest BCUT2D eigenvalue weighted by Gasteiger charge is -2.48. The Bertz CT molecular complexity index is 768. The summed E-state index contributed by atoms with van der Waals surface area (Å²) in [6, 6.07) is 5.45. The molecule has 2 unspecified atom stereocenters. The van der Waals surface area contributed by atoms with Crippen LogP contribution < -0.4 is 0 Å². The van der Waals surface area contributed by atoms with Gasteiger partial charge in [0.15, 0.2) is 5.01 Å². The second-order valence-electron chi connectivity index (χ2n) is 6.35. The topological polar surface area (TPSA) is 79.1 Å². The standard InChI is InChI=1S/C17H18N4O2S/c18-11-13-17(6-1-2-10-23-17)7-4-9-21(13)16(22)15-20-12-5-3-8-19-14(12)24-15/h3,5,8,13H,1-2,4,6-7,9-10H2. The van der Waals surface area contributed by atoms with E-state index in [1.807, 2.05) is 6.07 Å². The summed E-state index contributed by atoms with van der Waals surface area (Å²) in [7, 11) is 0. The summed E-state index contributed by atoms with van der Waals surface area (Å²) in [6.45, 7) is 1.25. The molecule has 0 aliphatic carbocycles. The summed E-state index contributed by atoms with van der Waals surface area (Å²) < 4.78 is 6.04. The van der Waals surface area contributed by atoms with Crippen LogP contribution in [0.4, 0.5) is 0 Å². The van der Waals surface area contributed by atoms with Gasteiger partial charge >= 0.3 is 0 Å². The number of piperidine rings is 1. The molecule has 2 saturated heterocycles. The van der Waals surface area contributed by atoms with Crippen LogP contribution >= 0.6 is 11.3 Å². The number of carbonyl (C=O) groups is 1. The first-order valence-corrected chi connectivity index (χ1v) is 9.11. The van der Waals surface area contributed by atoms with E-state index in [2.05, 4.69) is 16.0 Å². The van der Waals surface area contributed by atoms with Gasteiger partial charge in [0.1, 0.15) is 22.0 Å². The number of aromatic nitrogens is 2. The maximum absolute atomic E-state index is 13.0. The molecular formula is C17H18N4O2S. The highest BCUT2D eigenvalue weighted by molar-refractivity contribution is 7.19. The van der Waals surface area contributed by atoms with E-state index in [1.165, 1.54) is 11.3 Å². The third kappa shape index (κ3) is 2.46. The predicted molar refractivity (Wildman–Crippen MR) is 89.6 cm³/mol. The van der Waals surface area contributed by atoms with E-state index >= 15 is 0 Å². The van der Waals surface area contributed by atoms with E-state index in [4.69, 9.17) is 4.74 Å². The molecule has 2 aliphatic rings. The largest absolute Gasteiger partial charge is 0.372 e. The molecule has 0 saturated carbocycles. The van der Waals surface area contributed by atoms with E-state index in [0.29, 0.717) is 18.2 Å². The Balaban J connectivity index is 1.66. The molecule has 0 radical (unpaired) electrons. The van der Waals surface area contributed by atoms with Gasteiger partial charge in [-0.3, -0.25) is 4.79 Å². The molecule has 2 aromatic rings. The molecule has 1 spiro atoms. The zero-order chi connectivity index (χ0) is 16.6. The Morgan fingerprint density at radius 3 is 3.04 bits per heavy atom. The zero-order valence-corrected chi connectivity index (χ0v) is 14.1. The van der Waals surface area contributed by atoms with Crippen molar-refractivity contribution in [1.82, 2.24) is 14.9 Å². The third-order valence-corrected chi connectivity index (χ3v) is 5.89. The molecule has 1 amide bonds. The van der Waals surface area contributed by atoms with Crippen molar-refractivity contribution in [3.63, 3.8) is 0 Å². The van der Waals surface area contributed by atoms with E-state index in [9.17, 15) is 10.1 Å². The minimum absolute atomic E-state index is 0.183. The number of nitriles is 1. The Hall–Kier alpha value is -2.04. The van der Waals surface area contributed by atoms with Crippen LogP contribution in [0, 0.1) is 11.3 Å². The average Bonchev–Trinajstić information content (AvgIpc) is 3.05. The van der Waals surface area contributed by atoms with Gasteiger partial charge in [-0.2, -0.15) is 5.26 Å². The van der Waals surface area contributed by atoms with Gasteiger partial charge in [0.2, 0.25) is 0 Å². The van der Waals surface area contributed by atoms with Gasteiger partial charge < -0.3 is 9.64 Å². The molecule has 0 N–H and O–H groups in total. The maximum atomic E-state index is 13.0. The lowest BCUT2D eigenvalue weighted by Crippen LogP contribution is -2.60. The van der Waals surface area contributed by atoms with Crippen LogP contribution in [0.1, 0.15) is 41.9 Å². The number of hydrogen-bond acceptors (Lipinski definition) is 6. The first kappa shape index (κ1) is 15.5. The van der Waals surface area contributed by atoms with Crippen LogP contribution in [-0.2, 0) is 4.74 Å². The minimum atomic E-state index is -0.543. The van der Waals surface area contributed by atoms with Gasteiger partial charge in [0.25, 0.3) is 5.91 Å². The number of fused-ring (bicyclic) bond motifs is 1. The van der Waals surface area contributed by atoms with Gasteiger partial charge in [-0.25, -0.2) is 9.97 Å². The van der Waals surface area contributed by atoms with Crippen LogP contribution in [0.3, 0.4) is 0 Å². The van der Waals surface area contributed by atoms with Crippen molar-refractivity contribution in [2.45, 2.75) is 43.7 Å². The molecule has 2 aromatic heterocycles. The van der Waals surface area contributed by atoms with Crippen LogP contribution in [0.15, 0.2) is 18.3 Å². The number of thiazole rings is 1. The molecule has 0 aromatic carbocycles. The number of hydrogen-bond donors (Lipinski definition) is 0. The van der Waals surface area contributed by atoms with E-state index in [1.54, 1.807) is 17.2 Å². The summed E-state index contributed by atoms with van der Waals surface area (Å²) in [5.74, 6) is -0.183. The van der Waals surface area contributed by atoms with Crippen molar-refractivity contribution < 1.29 is 9.53 Å². The molecule has 0 bridgehead atoms. The van der Waals surface area contributed by atoms with E-state index in [0.717, 1.165) is 42.5 Å². The van der Waals surface area contributed by atoms with Crippen LogP contribution in [-0.4, -0.2) is 45.6 Å². The molecule has 124 valence electrons. The first-order chi connectivity index (χ1) is 11.7. The molecule has 7 heteroatoms. The Kier molecular flexibility index (Phi) is 3.94. The second-order valence-corrected chi connectivity index (χ2v) is 7.33. The highest BCUT2D eigenvalue weighted by atomic mass is 32.1. The molecule has 24 heavy (non-hydrogen) atoms. The first-order valence-electron chi connectivity index (χ1n) is 8.30. The molecule has 6 nitrogen and oxygen atoms in total. The van der Waals surface area contributed by atoms with Crippen molar-refractivity contribution >= 4 is 27.6 Å². The second kappa shape index (κ2) is 6.11. The van der Waals surface area contributed by atoms with Crippen molar-refractivity contribution in [2.75, 3.05) is 13.2 Å². The number of amides is 1. The van der Waals surface area contributed by atoms with Crippen molar-refractivity contribution in [3.05, 3.63) is 23.3 Å². The number of carbonyl (C=O) groups excluding carboxylic acids is 1. The predicted octanol–water partition coefficient (Wildman–Crippen LogP) is 2.76. The summed E-state index contributed by atoms with van der Waals surface area (Å²) in [6.07, 6.45) is 6.31. The highest BCUT2D eigenvalue weighted by Crippen LogP contribution is 2.39. The quantitative estimate of drug-likeness (QED) is 0.796. The number of rotatable bonds is 1. The smallest absolute Gasteiger partial charge is 0.284 e.